The molecule has 138 valence electrons. The number of nitrogens with one attached hydrogen (secondary N) is 3. The van der Waals surface area contributed by atoms with Crippen molar-refractivity contribution in [3.63, 3.8) is 0 Å². The van der Waals surface area contributed by atoms with Crippen molar-refractivity contribution in [1.82, 2.24) is 16.2 Å². The Hall–Kier alpha value is -2.57. The molecule has 1 heterocycles. The van der Waals surface area contributed by atoms with Gasteiger partial charge >= 0.3 is 0 Å². The average molecular weight is 355 g/mol. The van der Waals surface area contributed by atoms with E-state index in [-0.39, 0.29) is 24.0 Å². The van der Waals surface area contributed by atoms with Crippen LogP contribution in [-0.4, -0.2) is 32.3 Å². The van der Waals surface area contributed by atoms with Crippen molar-refractivity contribution < 1.29 is 14.3 Å². The molecule has 0 saturated carbocycles. The van der Waals surface area contributed by atoms with Crippen LogP contribution in [0.15, 0.2) is 42.5 Å². The highest BCUT2D eigenvalue weighted by Crippen LogP contribution is 2.27. The van der Waals surface area contributed by atoms with Gasteiger partial charge in [-0.05, 0) is 31.5 Å². The van der Waals surface area contributed by atoms with Crippen LogP contribution in [0.3, 0.4) is 0 Å². The summed E-state index contributed by atoms with van der Waals surface area (Å²) in [4.78, 5) is 12.8. The van der Waals surface area contributed by atoms with Crippen molar-refractivity contribution in [2.45, 2.75) is 32.0 Å². The molecule has 1 saturated heterocycles. The minimum absolute atomic E-state index is 0.117. The van der Waals surface area contributed by atoms with Gasteiger partial charge in [0, 0.05) is 23.6 Å². The minimum Gasteiger partial charge on any atom is -0.497 e. The number of ether oxygens (including phenoxy) is 2. The van der Waals surface area contributed by atoms with Gasteiger partial charge in [-0.2, -0.15) is 0 Å². The molecular formula is C20H25N3O3. The van der Waals surface area contributed by atoms with Gasteiger partial charge < -0.3 is 14.8 Å². The van der Waals surface area contributed by atoms with Crippen molar-refractivity contribution >= 4 is 5.91 Å². The smallest absolute Gasteiger partial charge is 0.252 e. The Kier molecular flexibility index (Phi) is 5.44. The van der Waals surface area contributed by atoms with Gasteiger partial charge in [-0.3, -0.25) is 10.2 Å². The van der Waals surface area contributed by atoms with Crippen LogP contribution >= 0.6 is 0 Å². The fraction of sp³-hybridized carbons (Fsp3) is 0.350. The number of carbonyl (C=O) groups excluding carboxylic acids is 1. The first-order valence-corrected chi connectivity index (χ1v) is 8.63. The van der Waals surface area contributed by atoms with E-state index in [0.29, 0.717) is 17.1 Å². The van der Waals surface area contributed by atoms with E-state index in [1.165, 1.54) is 11.1 Å². The summed E-state index contributed by atoms with van der Waals surface area (Å²) >= 11 is 0. The van der Waals surface area contributed by atoms with Crippen molar-refractivity contribution in [2.75, 3.05) is 14.2 Å². The second-order valence-corrected chi connectivity index (χ2v) is 6.57. The lowest BCUT2D eigenvalue weighted by Crippen LogP contribution is -2.46. The zero-order valence-electron chi connectivity index (χ0n) is 15.5. The predicted molar refractivity (Wildman–Crippen MR) is 100 cm³/mol. The highest BCUT2D eigenvalue weighted by molar-refractivity contribution is 5.95. The molecule has 3 N–H and O–H groups in total. The lowest BCUT2D eigenvalue weighted by atomic mass is 9.90. The highest BCUT2D eigenvalue weighted by Gasteiger charge is 2.35. The third-order valence-electron chi connectivity index (χ3n) is 4.69. The van der Waals surface area contributed by atoms with E-state index in [1.54, 1.807) is 32.4 Å². The third-order valence-corrected chi connectivity index (χ3v) is 4.69. The monoisotopic (exact) mass is 355 g/mol. The minimum atomic E-state index is -0.225. The van der Waals surface area contributed by atoms with E-state index in [4.69, 9.17) is 9.47 Å². The largest absolute Gasteiger partial charge is 0.497 e. The molecular weight excluding hydrogens is 330 g/mol. The highest BCUT2D eigenvalue weighted by atomic mass is 16.5. The first-order chi connectivity index (χ1) is 12.5. The zero-order valence-corrected chi connectivity index (χ0v) is 15.5. The lowest BCUT2D eigenvalue weighted by Gasteiger charge is -2.23. The molecule has 3 atom stereocenters. The molecule has 3 rings (SSSR count). The molecule has 0 aliphatic carbocycles. The molecule has 0 spiro atoms. The molecule has 1 aliphatic rings. The number of hydrazine groups is 1. The van der Waals surface area contributed by atoms with E-state index in [1.807, 2.05) is 6.07 Å². The van der Waals surface area contributed by atoms with Crippen LogP contribution in [-0.2, 0) is 0 Å². The van der Waals surface area contributed by atoms with Gasteiger partial charge in [0.25, 0.3) is 5.91 Å². The van der Waals surface area contributed by atoms with Gasteiger partial charge in [0.2, 0.25) is 0 Å². The first-order valence-electron chi connectivity index (χ1n) is 8.63. The van der Waals surface area contributed by atoms with Gasteiger partial charge in [-0.15, -0.1) is 0 Å². The molecule has 26 heavy (non-hydrogen) atoms. The number of hydrogen-bond donors (Lipinski definition) is 3. The van der Waals surface area contributed by atoms with Crippen molar-refractivity contribution in [1.29, 1.82) is 0 Å². The number of aryl methyl sites for hydroxylation is 1. The molecule has 6 nitrogen and oxygen atoms in total. The topological polar surface area (TPSA) is 71.6 Å². The zero-order chi connectivity index (χ0) is 18.7. The first kappa shape index (κ1) is 18.2. The number of benzene rings is 2. The quantitative estimate of drug-likeness (QED) is 0.768. The standard InChI is InChI=1S/C20H25N3O3/c1-12-6-5-7-14(8-12)18-13(2)22-23-19(18)21-20(24)15-9-16(25-3)11-17(10-15)26-4/h5-11,13,18-19,22-23H,1-4H3,(H,21,24). The van der Waals surface area contributed by atoms with Crippen LogP contribution in [0, 0.1) is 6.92 Å². The third kappa shape index (κ3) is 3.81. The molecule has 1 amide bonds. The van der Waals surface area contributed by atoms with Crippen LogP contribution in [0.25, 0.3) is 0 Å². The maximum absolute atomic E-state index is 12.8. The van der Waals surface area contributed by atoms with E-state index >= 15 is 0 Å². The van der Waals surface area contributed by atoms with Gasteiger partial charge in [0.05, 0.1) is 14.2 Å². The Balaban J connectivity index is 1.82. The van der Waals surface area contributed by atoms with Gasteiger partial charge in [-0.1, -0.05) is 29.8 Å². The number of amides is 1. The van der Waals surface area contributed by atoms with Gasteiger partial charge in [0.15, 0.2) is 0 Å². The van der Waals surface area contributed by atoms with E-state index in [0.717, 1.165) is 0 Å². The second kappa shape index (κ2) is 7.76. The second-order valence-electron chi connectivity index (χ2n) is 6.57. The summed E-state index contributed by atoms with van der Waals surface area (Å²) in [5.74, 6) is 1.09. The number of hydrogen-bond acceptors (Lipinski definition) is 5. The fourth-order valence-corrected chi connectivity index (χ4v) is 3.34. The van der Waals surface area contributed by atoms with E-state index in [2.05, 4.69) is 48.2 Å². The molecule has 1 aliphatic heterocycles. The van der Waals surface area contributed by atoms with Crippen LogP contribution in [0.4, 0.5) is 0 Å². The maximum atomic E-state index is 12.8. The van der Waals surface area contributed by atoms with E-state index in [9.17, 15) is 4.79 Å². The number of carbonyl (C=O) groups is 1. The van der Waals surface area contributed by atoms with E-state index < -0.39 is 0 Å². The summed E-state index contributed by atoms with van der Waals surface area (Å²) in [6.45, 7) is 4.17. The normalized spacial score (nSPS) is 22.1. The summed E-state index contributed by atoms with van der Waals surface area (Å²) in [6, 6.07) is 13.7. The summed E-state index contributed by atoms with van der Waals surface area (Å²) in [6.07, 6.45) is -0.225. The Labute approximate surface area is 153 Å². The molecule has 0 aromatic heterocycles. The number of rotatable bonds is 5. The molecule has 0 radical (unpaired) electrons. The summed E-state index contributed by atoms with van der Waals surface area (Å²) in [5.41, 5.74) is 9.29. The summed E-state index contributed by atoms with van der Waals surface area (Å²) in [7, 11) is 3.13. The molecule has 1 fully saturated rings. The van der Waals surface area contributed by atoms with Crippen LogP contribution in [0.1, 0.15) is 34.3 Å². The van der Waals surface area contributed by atoms with Gasteiger partial charge in [-0.25, -0.2) is 5.43 Å². The molecule has 3 unspecified atom stereocenters. The van der Waals surface area contributed by atoms with Crippen molar-refractivity contribution in [3.05, 3.63) is 59.2 Å². The summed E-state index contributed by atoms with van der Waals surface area (Å²) < 4.78 is 10.5. The van der Waals surface area contributed by atoms with Crippen molar-refractivity contribution in [2.24, 2.45) is 0 Å². The maximum Gasteiger partial charge on any atom is 0.252 e. The van der Waals surface area contributed by atoms with Crippen LogP contribution < -0.4 is 25.6 Å². The van der Waals surface area contributed by atoms with Gasteiger partial charge in [0.1, 0.15) is 17.7 Å². The lowest BCUT2D eigenvalue weighted by molar-refractivity contribution is 0.0927. The molecule has 0 bridgehead atoms. The Bertz CT molecular complexity index is 771. The fourth-order valence-electron chi connectivity index (χ4n) is 3.34. The van der Waals surface area contributed by atoms with Crippen molar-refractivity contribution in [3.8, 4) is 11.5 Å². The van der Waals surface area contributed by atoms with Crippen LogP contribution in [0.2, 0.25) is 0 Å². The molecule has 2 aromatic carbocycles. The Morgan fingerprint density at radius 1 is 1.04 bits per heavy atom. The number of methoxy groups -OCH3 is 2. The average Bonchev–Trinajstić information content (AvgIpc) is 3.01. The molecule has 6 heteroatoms. The van der Waals surface area contributed by atoms with Crippen LogP contribution in [0.5, 0.6) is 11.5 Å². The Morgan fingerprint density at radius 2 is 1.73 bits per heavy atom. The summed E-state index contributed by atoms with van der Waals surface area (Å²) in [5, 5.41) is 3.07. The predicted octanol–water partition coefficient (Wildman–Crippen LogP) is 2.35. The Morgan fingerprint density at radius 3 is 2.35 bits per heavy atom. The SMILES string of the molecule is COc1cc(OC)cc(C(=O)NC2NNC(C)C2c2cccc(C)c2)c1. The molecule has 2 aromatic rings.